The molecule has 0 saturated carbocycles. The summed E-state index contributed by atoms with van der Waals surface area (Å²) in [5.41, 5.74) is 0. The van der Waals surface area contributed by atoms with Crippen LogP contribution in [0.2, 0.25) is 0 Å². The van der Waals surface area contributed by atoms with Crippen molar-refractivity contribution in [3.63, 3.8) is 0 Å². The van der Waals surface area contributed by atoms with Gasteiger partial charge in [0.2, 0.25) is 12.7 Å². The van der Waals surface area contributed by atoms with Gasteiger partial charge in [0, 0.05) is 0 Å². The largest absolute Gasteiger partial charge is 0.311 e. The van der Waals surface area contributed by atoms with Crippen molar-refractivity contribution in [2.45, 2.75) is 25.0 Å². The molecule has 2 nitrogen and oxygen atoms in total. The van der Waals surface area contributed by atoms with E-state index in [1.54, 1.807) is 11.8 Å². The van der Waals surface area contributed by atoms with E-state index in [0.29, 0.717) is 0 Å². The van der Waals surface area contributed by atoms with Gasteiger partial charge in [0.25, 0.3) is 0 Å². The quantitative estimate of drug-likeness (QED) is 0.613. The lowest BCUT2D eigenvalue weighted by Gasteiger charge is -2.33. The third-order valence-electron chi connectivity index (χ3n) is 1.58. The molecule has 0 aliphatic carbocycles. The van der Waals surface area contributed by atoms with Gasteiger partial charge in [-0.3, -0.25) is 4.90 Å². The minimum absolute atomic E-state index is 0.102. The van der Waals surface area contributed by atoms with Gasteiger partial charge in [-0.15, -0.1) is 0 Å². The fraction of sp³-hybridized carbons (Fsp3) is 1.00. The minimum atomic E-state index is -1.52. The first-order valence-corrected chi connectivity index (χ1v) is 3.97. The molecule has 1 aliphatic heterocycles. The number of hydrogen-bond donors (Lipinski definition) is 1. The van der Waals surface area contributed by atoms with Gasteiger partial charge in [0.1, 0.15) is 0 Å². The van der Waals surface area contributed by atoms with Crippen LogP contribution in [-0.2, 0) is 4.74 Å². The van der Waals surface area contributed by atoms with Gasteiger partial charge in [-0.05, 0) is 6.92 Å². The summed E-state index contributed by atoms with van der Waals surface area (Å²) < 4.78 is 29.3. The second-order valence-electron chi connectivity index (χ2n) is 2.54. The van der Waals surface area contributed by atoms with Gasteiger partial charge in [0.15, 0.2) is 0 Å². The van der Waals surface area contributed by atoms with E-state index in [2.05, 4.69) is 17.4 Å². The second-order valence-corrected chi connectivity index (χ2v) is 3.29. The summed E-state index contributed by atoms with van der Waals surface area (Å²) >= 11 is 4.06. The topological polar surface area (TPSA) is 12.5 Å². The molecule has 0 spiro atoms. The average molecular weight is 183 g/mol. The molecule has 0 aromatic heterocycles. The molecule has 1 heterocycles. The smallest absolute Gasteiger partial charge is 0.214 e. The predicted molar refractivity (Wildman–Crippen MR) is 40.9 cm³/mol. The van der Waals surface area contributed by atoms with Crippen LogP contribution < -0.4 is 0 Å². The molecule has 5 heteroatoms. The van der Waals surface area contributed by atoms with E-state index in [1.165, 1.54) is 0 Å². The number of halogens is 2. The zero-order chi connectivity index (χ0) is 8.43. The van der Waals surface area contributed by atoms with Crippen LogP contribution in [-0.4, -0.2) is 36.1 Å². The molecule has 11 heavy (non-hydrogen) atoms. The molecule has 1 fully saturated rings. The van der Waals surface area contributed by atoms with Crippen LogP contribution in [0.4, 0.5) is 8.78 Å². The average Bonchev–Trinajstić information content (AvgIpc) is 1.85. The monoisotopic (exact) mass is 183 g/mol. The standard InChI is InChI=1S/C6H11F2NOS/c1-4(11)9-2-5(7)10-6(8)3-9/h4-6,11H,2-3H2,1H3/t4?,5-,6+. The van der Waals surface area contributed by atoms with E-state index < -0.39 is 12.7 Å². The Labute approximate surface area is 69.9 Å². The first-order valence-electron chi connectivity index (χ1n) is 3.45. The van der Waals surface area contributed by atoms with Crippen molar-refractivity contribution in [1.29, 1.82) is 0 Å². The fourth-order valence-corrected chi connectivity index (χ4v) is 1.18. The zero-order valence-electron chi connectivity index (χ0n) is 6.20. The van der Waals surface area contributed by atoms with Crippen molar-refractivity contribution in [1.82, 2.24) is 4.90 Å². The molecule has 1 unspecified atom stereocenters. The summed E-state index contributed by atoms with van der Waals surface area (Å²) in [6, 6.07) is 0. The third-order valence-corrected chi connectivity index (χ3v) is 1.91. The molecule has 0 aromatic carbocycles. The minimum Gasteiger partial charge on any atom is -0.311 e. The Bertz CT molecular complexity index is 126. The normalized spacial score (nSPS) is 37.1. The van der Waals surface area contributed by atoms with Crippen molar-refractivity contribution in [2.24, 2.45) is 0 Å². The highest BCUT2D eigenvalue weighted by molar-refractivity contribution is 7.80. The van der Waals surface area contributed by atoms with E-state index in [1.807, 2.05) is 0 Å². The van der Waals surface area contributed by atoms with Crippen LogP contribution in [0.5, 0.6) is 0 Å². The lowest BCUT2D eigenvalue weighted by atomic mass is 10.4. The second kappa shape index (κ2) is 3.69. The molecule has 1 saturated heterocycles. The summed E-state index contributed by atoms with van der Waals surface area (Å²) in [5.74, 6) is 0. The SMILES string of the molecule is CC(S)N1C[C@@H](F)O[C@@H](F)C1. The Hall–Kier alpha value is 0.130. The van der Waals surface area contributed by atoms with Gasteiger partial charge >= 0.3 is 0 Å². The number of nitrogens with zero attached hydrogens (tertiary/aromatic N) is 1. The predicted octanol–water partition coefficient (Wildman–Crippen LogP) is 1.19. The number of hydrogen-bond acceptors (Lipinski definition) is 3. The van der Waals surface area contributed by atoms with Crippen LogP contribution in [0.25, 0.3) is 0 Å². The lowest BCUT2D eigenvalue weighted by Crippen LogP contribution is -2.46. The third kappa shape index (κ3) is 2.57. The highest BCUT2D eigenvalue weighted by atomic mass is 32.1. The summed E-state index contributed by atoms with van der Waals surface area (Å²) in [4.78, 5) is 1.59. The first-order chi connectivity index (χ1) is 5.09. The van der Waals surface area contributed by atoms with Gasteiger partial charge in [0.05, 0.1) is 18.5 Å². The van der Waals surface area contributed by atoms with Gasteiger partial charge in [-0.2, -0.15) is 12.6 Å². The maximum atomic E-state index is 12.5. The van der Waals surface area contributed by atoms with E-state index in [0.717, 1.165) is 0 Å². The molecular weight excluding hydrogens is 172 g/mol. The number of ether oxygens (including phenoxy) is 1. The fourth-order valence-electron chi connectivity index (χ4n) is 0.995. The summed E-state index contributed by atoms with van der Waals surface area (Å²) in [7, 11) is 0. The highest BCUT2D eigenvalue weighted by Crippen LogP contribution is 2.16. The summed E-state index contributed by atoms with van der Waals surface area (Å²) in [5, 5.41) is -0.129. The van der Waals surface area contributed by atoms with Crippen LogP contribution >= 0.6 is 12.6 Å². The lowest BCUT2D eigenvalue weighted by molar-refractivity contribution is -0.190. The molecule has 1 rings (SSSR count). The Balaban J connectivity index is 2.43. The van der Waals surface area contributed by atoms with Crippen LogP contribution in [0.1, 0.15) is 6.92 Å². The number of thiol groups is 1. The van der Waals surface area contributed by atoms with Gasteiger partial charge in [-0.1, -0.05) is 0 Å². The van der Waals surface area contributed by atoms with Gasteiger partial charge < -0.3 is 4.74 Å². The van der Waals surface area contributed by atoms with Crippen LogP contribution in [0.3, 0.4) is 0 Å². The highest BCUT2D eigenvalue weighted by Gasteiger charge is 2.28. The van der Waals surface area contributed by atoms with Crippen molar-refractivity contribution in [3.05, 3.63) is 0 Å². The molecular formula is C6H11F2NOS. The van der Waals surface area contributed by atoms with Crippen LogP contribution in [0, 0.1) is 0 Å². The summed E-state index contributed by atoms with van der Waals surface area (Å²) in [6.45, 7) is 1.98. The van der Waals surface area contributed by atoms with Crippen molar-refractivity contribution >= 4 is 12.6 Å². The number of alkyl halides is 2. The Kier molecular flexibility index (Phi) is 3.09. The first kappa shape index (κ1) is 9.22. The van der Waals surface area contributed by atoms with Crippen LogP contribution in [0.15, 0.2) is 0 Å². The molecule has 0 bridgehead atoms. The van der Waals surface area contributed by atoms with E-state index in [4.69, 9.17) is 0 Å². The number of morpholine rings is 1. The van der Waals surface area contributed by atoms with E-state index >= 15 is 0 Å². The zero-order valence-corrected chi connectivity index (χ0v) is 7.10. The Morgan fingerprint density at radius 2 is 1.91 bits per heavy atom. The van der Waals surface area contributed by atoms with Crippen molar-refractivity contribution < 1.29 is 13.5 Å². The number of rotatable bonds is 1. The van der Waals surface area contributed by atoms with E-state index in [9.17, 15) is 8.78 Å². The molecule has 0 radical (unpaired) electrons. The molecule has 66 valence electrons. The maximum Gasteiger partial charge on any atom is 0.214 e. The van der Waals surface area contributed by atoms with Gasteiger partial charge in [-0.25, -0.2) is 8.78 Å². The molecule has 0 amide bonds. The Morgan fingerprint density at radius 3 is 2.27 bits per heavy atom. The molecule has 3 atom stereocenters. The van der Waals surface area contributed by atoms with Crippen molar-refractivity contribution in [2.75, 3.05) is 13.1 Å². The molecule has 0 aromatic rings. The van der Waals surface area contributed by atoms with E-state index in [-0.39, 0.29) is 18.5 Å². The van der Waals surface area contributed by atoms with Crippen molar-refractivity contribution in [3.8, 4) is 0 Å². The summed E-state index contributed by atoms with van der Waals surface area (Å²) in [6.07, 6.45) is -3.04. The molecule has 1 aliphatic rings. The Morgan fingerprint density at radius 1 is 1.45 bits per heavy atom. The molecule has 0 N–H and O–H groups in total. The maximum absolute atomic E-state index is 12.5.